The molecule has 0 aliphatic carbocycles. The highest BCUT2D eigenvalue weighted by molar-refractivity contribution is 6.62. The zero-order valence-corrected chi connectivity index (χ0v) is 13.8. The Morgan fingerprint density at radius 3 is 2.32 bits per heavy atom. The highest BCUT2D eigenvalue weighted by atomic mass is 16.7. The van der Waals surface area contributed by atoms with E-state index in [-0.39, 0.29) is 22.7 Å². The summed E-state index contributed by atoms with van der Waals surface area (Å²) in [5.74, 6) is 0.250. The number of aromatic amines is 1. The average Bonchev–Trinajstić information content (AvgIpc) is 2.69. The molecule has 22 heavy (non-hydrogen) atoms. The molecular formula is C16H24BNO4. The molecule has 0 atom stereocenters. The van der Waals surface area contributed by atoms with Crippen molar-refractivity contribution in [2.24, 2.45) is 0 Å². The van der Waals surface area contributed by atoms with Crippen LogP contribution in [0.4, 0.5) is 0 Å². The summed E-state index contributed by atoms with van der Waals surface area (Å²) in [6.07, 6.45) is 3.47. The van der Waals surface area contributed by atoms with Crippen molar-refractivity contribution in [1.29, 1.82) is 0 Å². The quantitative estimate of drug-likeness (QED) is 0.843. The summed E-state index contributed by atoms with van der Waals surface area (Å²) < 4.78 is 17.5. The van der Waals surface area contributed by atoms with Crippen LogP contribution < -0.4 is 11.0 Å². The standard InChI is InChI=1S/C16H24BNO4/c1-15(2)16(3,4)22-17(21-15)12-9-13(14(19)18-10-12)11-5-7-20-8-6-11/h9-11H,5-8H2,1-4H3,(H,18,19). The van der Waals surface area contributed by atoms with Gasteiger partial charge < -0.3 is 19.0 Å². The number of H-pyrrole nitrogens is 1. The first kappa shape index (κ1) is 15.8. The van der Waals surface area contributed by atoms with Gasteiger partial charge in [0.25, 0.3) is 5.56 Å². The van der Waals surface area contributed by atoms with Gasteiger partial charge in [-0.1, -0.05) is 6.07 Å². The van der Waals surface area contributed by atoms with Gasteiger partial charge in [-0.05, 0) is 51.9 Å². The Bertz CT molecular complexity index is 588. The second-order valence-corrected chi connectivity index (χ2v) is 7.19. The lowest BCUT2D eigenvalue weighted by Crippen LogP contribution is -2.41. The molecule has 1 N–H and O–H groups in total. The summed E-state index contributed by atoms with van der Waals surface area (Å²) in [6, 6.07) is 1.94. The predicted octanol–water partition coefficient (Wildman–Crippen LogP) is 1.57. The number of nitrogens with one attached hydrogen (secondary N) is 1. The van der Waals surface area contributed by atoms with E-state index in [0.717, 1.165) is 23.9 Å². The van der Waals surface area contributed by atoms with Crippen molar-refractivity contribution in [3.8, 4) is 0 Å². The molecular weight excluding hydrogens is 281 g/mol. The van der Waals surface area contributed by atoms with Gasteiger partial charge in [0.05, 0.1) is 11.2 Å². The van der Waals surface area contributed by atoms with Crippen LogP contribution in [0, 0.1) is 0 Å². The zero-order chi connectivity index (χ0) is 16.0. The van der Waals surface area contributed by atoms with Crippen molar-refractivity contribution >= 4 is 12.6 Å². The van der Waals surface area contributed by atoms with Crippen molar-refractivity contribution in [2.75, 3.05) is 13.2 Å². The summed E-state index contributed by atoms with van der Waals surface area (Å²) in [5.41, 5.74) is 0.904. The highest BCUT2D eigenvalue weighted by Crippen LogP contribution is 2.36. The van der Waals surface area contributed by atoms with E-state index in [4.69, 9.17) is 14.0 Å². The van der Waals surface area contributed by atoms with Crippen LogP contribution in [0.5, 0.6) is 0 Å². The highest BCUT2D eigenvalue weighted by Gasteiger charge is 2.51. The summed E-state index contributed by atoms with van der Waals surface area (Å²) in [7, 11) is -0.444. The molecule has 0 radical (unpaired) electrons. The Labute approximate surface area is 131 Å². The fourth-order valence-electron chi connectivity index (χ4n) is 2.95. The second kappa shape index (κ2) is 5.51. The fraction of sp³-hybridized carbons (Fsp3) is 0.688. The minimum absolute atomic E-state index is 0.0211. The van der Waals surface area contributed by atoms with Crippen molar-refractivity contribution < 1.29 is 14.0 Å². The number of hydrogen-bond donors (Lipinski definition) is 1. The SMILES string of the molecule is CC1(C)OB(c2c[nH]c(=O)c(C3CCOCC3)c2)OC1(C)C. The van der Waals surface area contributed by atoms with Crippen LogP contribution >= 0.6 is 0 Å². The molecule has 5 nitrogen and oxygen atoms in total. The summed E-state index contributed by atoms with van der Waals surface area (Å²) in [6.45, 7) is 9.53. The molecule has 0 unspecified atom stereocenters. The lowest BCUT2D eigenvalue weighted by Gasteiger charge is -2.32. The number of ether oxygens (including phenoxy) is 1. The molecule has 2 saturated heterocycles. The Balaban J connectivity index is 1.88. The van der Waals surface area contributed by atoms with Gasteiger partial charge in [0.1, 0.15) is 0 Å². The van der Waals surface area contributed by atoms with Crippen molar-refractivity contribution in [2.45, 2.75) is 57.7 Å². The van der Waals surface area contributed by atoms with Gasteiger partial charge >= 0.3 is 7.12 Å². The van der Waals surface area contributed by atoms with E-state index in [9.17, 15) is 4.79 Å². The molecule has 0 aromatic carbocycles. The van der Waals surface area contributed by atoms with Gasteiger partial charge in [0.15, 0.2) is 0 Å². The zero-order valence-electron chi connectivity index (χ0n) is 13.8. The third kappa shape index (κ3) is 2.75. The van der Waals surface area contributed by atoms with E-state index in [1.54, 1.807) is 6.20 Å². The molecule has 0 amide bonds. The Morgan fingerprint density at radius 1 is 1.14 bits per heavy atom. The van der Waals surface area contributed by atoms with Gasteiger partial charge in [-0.3, -0.25) is 4.79 Å². The number of rotatable bonds is 2. The average molecular weight is 305 g/mol. The van der Waals surface area contributed by atoms with Crippen LogP contribution in [-0.4, -0.2) is 36.5 Å². The van der Waals surface area contributed by atoms with Gasteiger partial charge in [0.2, 0.25) is 0 Å². The minimum atomic E-state index is -0.444. The molecule has 0 spiro atoms. The maximum Gasteiger partial charge on any atom is 0.496 e. The van der Waals surface area contributed by atoms with Crippen LogP contribution in [0.25, 0.3) is 0 Å². The van der Waals surface area contributed by atoms with Crippen LogP contribution in [0.3, 0.4) is 0 Å². The normalized spacial score (nSPS) is 24.6. The third-order valence-electron chi connectivity index (χ3n) is 5.14. The topological polar surface area (TPSA) is 60.6 Å². The number of hydrogen-bond acceptors (Lipinski definition) is 4. The first-order valence-corrected chi connectivity index (χ1v) is 7.96. The van der Waals surface area contributed by atoms with Crippen LogP contribution in [-0.2, 0) is 14.0 Å². The van der Waals surface area contributed by atoms with Crippen molar-refractivity contribution in [3.63, 3.8) is 0 Å². The molecule has 2 aliphatic rings. The van der Waals surface area contributed by atoms with E-state index in [2.05, 4.69) is 4.98 Å². The largest absolute Gasteiger partial charge is 0.496 e. The number of pyridine rings is 1. The van der Waals surface area contributed by atoms with E-state index in [0.29, 0.717) is 13.2 Å². The first-order valence-electron chi connectivity index (χ1n) is 7.96. The molecule has 2 aliphatic heterocycles. The molecule has 6 heteroatoms. The summed E-state index contributed by atoms with van der Waals surface area (Å²) >= 11 is 0. The molecule has 3 rings (SSSR count). The van der Waals surface area contributed by atoms with Gasteiger partial charge in [-0.15, -0.1) is 0 Å². The van der Waals surface area contributed by atoms with E-state index >= 15 is 0 Å². The third-order valence-corrected chi connectivity index (χ3v) is 5.14. The van der Waals surface area contributed by atoms with Crippen LogP contribution in [0.2, 0.25) is 0 Å². The number of aromatic nitrogens is 1. The minimum Gasteiger partial charge on any atom is -0.399 e. The molecule has 1 aromatic rings. The lowest BCUT2D eigenvalue weighted by atomic mass is 9.78. The van der Waals surface area contributed by atoms with Crippen molar-refractivity contribution in [1.82, 2.24) is 4.98 Å². The molecule has 2 fully saturated rings. The predicted molar refractivity (Wildman–Crippen MR) is 85.6 cm³/mol. The Morgan fingerprint density at radius 2 is 1.73 bits per heavy atom. The van der Waals surface area contributed by atoms with Crippen molar-refractivity contribution in [3.05, 3.63) is 28.2 Å². The summed E-state index contributed by atoms with van der Waals surface area (Å²) in [5, 5.41) is 0. The second-order valence-electron chi connectivity index (χ2n) is 7.19. The molecule has 120 valence electrons. The Hall–Kier alpha value is -1.11. The molecule has 3 heterocycles. The van der Waals surface area contributed by atoms with E-state index in [1.165, 1.54) is 0 Å². The van der Waals surface area contributed by atoms with Gasteiger partial charge in [0, 0.05) is 25.0 Å². The maximum atomic E-state index is 12.2. The van der Waals surface area contributed by atoms with Crippen LogP contribution in [0.1, 0.15) is 52.0 Å². The molecule has 1 aromatic heterocycles. The maximum absolute atomic E-state index is 12.2. The fourth-order valence-corrected chi connectivity index (χ4v) is 2.95. The molecule has 0 bridgehead atoms. The van der Waals surface area contributed by atoms with E-state index in [1.807, 2.05) is 33.8 Å². The first-order chi connectivity index (χ1) is 10.3. The Kier molecular flexibility index (Phi) is 3.95. The van der Waals surface area contributed by atoms with Gasteiger partial charge in [-0.2, -0.15) is 0 Å². The van der Waals surface area contributed by atoms with Gasteiger partial charge in [-0.25, -0.2) is 0 Å². The summed E-state index contributed by atoms with van der Waals surface area (Å²) in [4.78, 5) is 15.0. The van der Waals surface area contributed by atoms with Crippen LogP contribution in [0.15, 0.2) is 17.1 Å². The lowest BCUT2D eigenvalue weighted by molar-refractivity contribution is 0.00578. The molecule has 0 saturated carbocycles. The van der Waals surface area contributed by atoms with E-state index < -0.39 is 7.12 Å². The smallest absolute Gasteiger partial charge is 0.399 e. The monoisotopic (exact) mass is 305 g/mol.